The maximum atomic E-state index is 12.5. The van der Waals surface area contributed by atoms with Crippen LogP contribution in [0.25, 0.3) is 0 Å². The Morgan fingerprint density at radius 2 is 2.13 bits per heavy atom. The van der Waals surface area contributed by atoms with Gasteiger partial charge in [-0.25, -0.2) is 4.79 Å². The summed E-state index contributed by atoms with van der Waals surface area (Å²) in [5.41, 5.74) is 0.824. The van der Waals surface area contributed by atoms with Crippen LogP contribution in [0.4, 0.5) is 10.5 Å². The number of anilines is 1. The molecule has 0 aliphatic carbocycles. The van der Waals surface area contributed by atoms with Crippen LogP contribution < -0.4 is 5.32 Å². The van der Waals surface area contributed by atoms with Crippen molar-refractivity contribution < 1.29 is 4.79 Å². The second-order valence-corrected chi connectivity index (χ2v) is 6.97. The van der Waals surface area contributed by atoms with E-state index in [0.717, 1.165) is 48.9 Å². The minimum absolute atomic E-state index is 0.00935. The highest BCUT2D eigenvalue weighted by atomic mass is 32.2. The Labute approximate surface area is 142 Å². The van der Waals surface area contributed by atoms with Crippen LogP contribution in [0, 0.1) is 17.2 Å². The number of benzene rings is 1. The molecule has 1 saturated heterocycles. The molecular formula is C17H24N4OS. The molecular weight excluding hydrogens is 308 g/mol. The van der Waals surface area contributed by atoms with E-state index < -0.39 is 0 Å². The van der Waals surface area contributed by atoms with Crippen molar-refractivity contribution in [3.8, 4) is 6.07 Å². The van der Waals surface area contributed by atoms with Crippen molar-refractivity contribution in [1.82, 2.24) is 9.80 Å². The third-order valence-corrected chi connectivity index (χ3v) is 5.18. The Morgan fingerprint density at radius 1 is 1.35 bits per heavy atom. The van der Waals surface area contributed by atoms with Crippen molar-refractivity contribution in [2.75, 3.05) is 44.3 Å². The van der Waals surface area contributed by atoms with Crippen molar-refractivity contribution in [3.63, 3.8) is 0 Å². The summed E-state index contributed by atoms with van der Waals surface area (Å²) in [5, 5.41) is 11.9. The second-order valence-electron chi connectivity index (χ2n) is 5.91. The van der Waals surface area contributed by atoms with E-state index in [1.807, 2.05) is 36.1 Å². The number of nitrogens with zero attached hydrogens (tertiary/aromatic N) is 3. The number of hydrogen-bond donors (Lipinski definition) is 1. The average Bonchev–Trinajstić information content (AvgIpc) is 2.78. The predicted molar refractivity (Wildman–Crippen MR) is 94.6 cm³/mol. The zero-order chi connectivity index (χ0) is 16.7. The molecule has 1 atom stereocenters. The lowest BCUT2D eigenvalue weighted by Crippen LogP contribution is -2.37. The number of nitrogens with one attached hydrogen (secondary N) is 1. The molecule has 1 fully saturated rings. The molecule has 0 radical (unpaired) electrons. The van der Waals surface area contributed by atoms with Crippen molar-refractivity contribution in [1.29, 1.82) is 5.26 Å². The molecule has 23 heavy (non-hydrogen) atoms. The predicted octanol–water partition coefficient (Wildman–Crippen LogP) is 3.11. The zero-order valence-electron chi connectivity index (χ0n) is 13.8. The molecule has 0 unspecified atom stereocenters. The van der Waals surface area contributed by atoms with Crippen LogP contribution in [-0.4, -0.2) is 54.8 Å². The first-order chi connectivity index (χ1) is 11.1. The number of carbonyl (C=O) groups is 1. The zero-order valence-corrected chi connectivity index (χ0v) is 14.6. The minimum atomic E-state index is -0.0401. The van der Waals surface area contributed by atoms with Gasteiger partial charge >= 0.3 is 6.03 Å². The molecule has 1 aliphatic heterocycles. The minimum Gasteiger partial charge on any atom is -0.323 e. The summed E-state index contributed by atoms with van der Waals surface area (Å²) >= 11 is 1.61. The molecule has 0 saturated carbocycles. The molecule has 2 rings (SSSR count). The lowest BCUT2D eigenvalue weighted by atomic mass is 10.3. The molecule has 1 aromatic rings. The first-order valence-electron chi connectivity index (χ1n) is 7.96. The fourth-order valence-electron chi connectivity index (χ4n) is 2.39. The van der Waals surface area contributed by atoms with Crippen LogP contribution in [0.5, 0.6) is 0 Å². The number of amides is 2. The van der Waals surface area contributed by atoms with Crippen LogP contribution in [0.15, 0.2) is 29.2 Å². The van der Waals surface area contributed by atoms with Gasteiger partial charge in [0.15, 0.2) is 0 Å². The van der Waals surface area contributed by atoms with E-state index in [1.54, 1.807) is 11.8 Å². The maximum absolute atomic E-state index is 12.5. The standard InChI is InChI=1S/C17H24N4OS/c1-14(12-18)13-23-16-7-4-3-6-15(16)19-17(22)21-9-5-8-20(2)10-11-21/h3-4,6-7,14H,5,8-11,13H2,1-2H3,(H,19,22)/t14-/m0/s1. The largest absolute Gasteiger partial charge is 0.323 e. The molecule has 5 nitrogen and oxygen atoms in total. The molecule has 0 bridgehead atoms. The average molecular weight is 332 g/mol. The van der Waals surface area contributed by atoms with Gasteiger partial charge in [0.2, 0.25) is 0 Å². The quantitative estimate of drug-likeness (QED) is 0.861. The molecule has 124 valence electrons. The summed E-state index contributed by atoms with van der Waals surface area (Å²) in [6.45, 7) is 5.38. The van der Waals surface area contributed by atoms with Gasteiger partial charge in [-0.1, -0.05) is 12.1 Å². The van der Waals surface area contributed by atoms with Gasteiger partial charge in [-0.3, -0.25) is 0 Å². The highest BCUT2D eigenvalue weighted by molar-refractivity contribution is 7.99. The molecule has 1 heterocycles. The van der Waals surface area contributed by atoms with Gasteiger partial charge in [0, 0.05) is 30.3 Å². The number of para-hydroxylation sites is 1. The van der Waals surface area contributed by atoms with E-state index >= 15 is 0 Å². The van der Waals surface area contributed by atoms with Crippen LogP contribution in [0.1, 0.15) is 13.3 Å². The molecule has 6 heteroatoms. The SMILES string of the molecule is C[C@@H](C#N)CSc1ccccc1NC(=O)N1CCCN(C)CC1. The maximum Gasteiger partial charge on any atom is 0.321 e. The molecule has 1 N–H and O–H groups in total. The Balaban J connectivity index is 1.99. The van der Waals surface area contributed by atoms with Gasteiger partial charge < -0.3 is 15.1 Å². The number of thioether (sulfide) groups is 1. The monoisotopic (exact) mass is 332 g/mol. The first kappa shape index (κ1) is 17.6. The highest BCUT2D eigenvalue weighted by Gasteiger charge is 2.18. The molecule has 1 aliphatic rings. The van der Waals surface area contributed by atoms with E-state index in [-0.39, 0.29) is 11.9 Å². The molecule has 0 spiro atoms. The van der Waals surface area contributed by atoms with Gasteiger partial charge in [-0.05, 0) is 39.1 Å². The van der Waals surface area contributed by atoms with Crippen LogP contribution in [0.2, 0.25) is 0 Å². The lowest BCUT2D eigenvalue weighted by Gasteiger charge is -2.22. The number of rotatable bonds is 4. The number of carbonyl (C=O) groups excluding carboxylic acids is 1. The highest BCUT2D eigenvalue weighted by Crippen LogP contribution is 2.28. The lowest BCUT2D eigenvalue weighted by molar-refractivity contribution is 0.213. The summed E-state index contributed by atoms with van der Waals surface area (Å²) < 4.78 is 0. The number of urea groups is 1. The Kier molecular flexibility index (Phi) is 6.75. The molecule has 0 aromatic heterocycles. The number of nitriles is 1. The van der Waals surface area contributed by atoms with Crippen molar-refractivity contribution in [3.05, 3.63) is 24.3 Å². The summed E-state index contributed by atoms with van der Waals surface area (Å²) in [6.07, 6.45) is 1.00. The first-order valence-corrected chi connectivity index (χ1v) is 8.94. The van der Waals surface area contributed by atoms with Gasteiger partial charge in [0.05, 0.1) is 17.7 Å². The van der Waals surface area contributed by atoms with Gasteiger partial charge in [-0.2, -0.15) is 5.26 Å². The topological polar surface area (TPSA) is 59.4 Å². The second kappa shape index (κ2) is 8.80. The van der Waals surface area contributed by atoms with Crippen LogP contribution >= 0.6 is 11.8 Å². The number of likely N-dealkylation sites (N-methyl/N-ethyl adjacent to an activating group) is 1. The normalized spacial score (nSPS) is 17.2. The summed E-state index contributed by atoms with van der Waals surface area (Å²) in [5.74, 6) is 0.711. The van der Waals surface area contributed by atoms with Crippen LogP contribution in [0.3, 0.4) is 0 Å². The Bertz CT molecular complexity index is 572. The van der Waals surface area contributed by atoms with E-state index in [9.17, 15) is 4.79 Å². The van der Waals surface area contributed by atoms with E-state index in [4.69, 9.17) is 5.26 Å². The van der Waals surface area contributed by atoms with Crippen molar-refractivity contribution in [2.45, 2.75) is 18.2 Å². The van der Waals surface area contributed by atoms with Gasteiger partial charge in [0.1, 0.15) is 0 Å². The fourth-order valence-corrected chi connectivity index (χ4v) is 3.35. The Morgan fingerprint density at radius 3 is 2.91 bits per heavy atom. The van der Waals surface area contributed by atoms with Gasteiger partial charge in [-0.15, -0.1) is 11.8 Å². The molecule has 1 aromatic carbocycles. The van der Waals surface area contributed by atoms with Crippen LogP contribution in [-0.2, 0) is 0 Å². The molecule has 2 amide bonds. The van der Waals surface area contributed by atoms with Gasteiger partial charge in [0.25, 0.3) is 0 Å². The summed E-state index contributed by atoms with van der Waals surface area (Å²) in [4.78, 5) is 17.6. The third kappa shape index (κ3) is 5.45. The fraction of sp³-hybridized carbons (Fsp3) is 0.529. The van der Waals surface area contributed by atoms with E-state index in [1.165, 1.54) is 0 Å². The third-order valence-electron chi connectivity index (χ3n) is 3.84. The van der Waals surface area contributed by atoms with E-state index in [0.29, 0.717) is 0 Å². The summed E-state index contributed by atoms with van der Waals surface area (Å²) in [7, 11) is 2.09. The van der Waals surface area contributed by atoms with Crippen molar-refractivity contribution >= 4 is 23.5 Å². The number of hydrogen-bond acceptors (Lipinski definition) is 4. The van der Waals surface area contributed by atoms with E-state index in [2.05, 4.69) is 23.3 Å². The smallest absolute Gasteiger partial charge is 0.321 e. The Hall–Kier alpha value is -1.71. The van der Waals surface area contributed by atoms with Crippen molar-refractivity contribution in [2.24, 2.45) is 5.92 Å². The summed E-state index contributed by atoms with van der Waals surface area (Å²) in [6, 6.07) is 9.98.